The molecule has 6 rings (SSSR count). The third kappa shape index (κ3) is 7.48. The number of ether oxygens (including phenoxy) is 2. The maximum atomic E-state index is 14.3. The predicted octanol–water partition coefficient (Wildman–Crippen LogP) is 5.49. The van der Waals surface area contributed by atoms with Crippen LogP contribution in [0.1, 0.15) is 31.2 Å². The van der Waals surface area contributed by atoms with E-state index in [1.807, 2.05) is 18.2 Å². The number of furan rings is 1. The number of aliphatic hydroxyl groups excluding tert-OH is 1. The smallest absolute Gasteiger partial charge is 0.414 e. The first-order valence-electron chi connectivity index (χ1n) is 14.0. The number of likely N-dealkylation sites (tertiary alicyclic amines) is 2. The molecule has 0 saturated carbocycles. The lowest BCUT2D eigenvalue weighted by Crippen LogP contribution is -2.47. The number of halogens is 3. The number of carbonyl (C=O) groups is 1. The Balaban J connectivity index is 0.00000202. The number of fused-ring (bicyclic) bond motifs is 2. The van der Waals surface area contributed by atoms with Crippen LogP contribution >= 0.6 is 24.8 Å². The van der Waals surface area contributed by atoms with Crippen molar-refractivity contribution in [2.45, 2.75) is 44.4 Å². The van der Waals surface area contributed by atoms with E-state index in [2.05, 4.69) is 20.1 Å². The summed E-state index contributed by atoms with van der Waals surface area (Å²) < 4.78 is 31.4. The van der Waals surface area contributed by atoms with E-state index in [0.29, 0.717) is 28.2 Å². The fraction of sp³-hybridized carbons (Fsp3) is 0.433. The number of aliphatic hydroxyl groups is 1. The molecule has 4 heterocycles. The van der Waals surface area contributed by atoms with Crippen LogP contribution in [0.4, 0.5) is 9.18 Å². The Kier molecular flexibility index (Phi) is 11.0. The number of piperidine rings is 2. The summed E-state index contributed by atoms with van der Waals surface area (Å²) in [5, 5.41) is 13.8. The molecule has 0 spiro atoms. The molecule has 2 fully saturated rings. The number of rotatable bonds is 8. The largest absolute Gasteiger partial charge is 0.488 e. The van der Waals surface area contributed by atoms with Crippen molar-refractivity contribution in [1.82, 2.24) is 20.1 Å². The van der Waals surface area contributed by atoms with E-state index >= 15 is 0 Å². The number of carbonyl (C=O) groups excluding carboxylic acids is 1. The Labute approximate surface area is 256 Å². The molecule has 1 amide bonds. The van der Waals surface area contributed by atoms with Crippen LogP contribution in [-0.2, 0) is 6.61 Å². The summed E-state index contributed by atoms with van der Waals surface area (Å²) >= 11 is 0. The number of benzene rings is 2. The number of nitrogens with one attached hydrogen (secondary N) is 2. The number of H-pyrrole nitrogens is 1. The Morgan fingerprint density at radius 3 is 2.45 bits per heavy atom. The van der Waals surface area contributed by atoms with E-state index in [1.165, 1.54) is 12.3 Å². The standard InChI is InChI=1S/C30H35FN4O5.2ClH/c31-24-3-1-6-27-29(24)20(19-39-27)18-38-26-5-2-4-25-23(26)17-28(33-25)40-30(37)32-21-7-11-34(12-8-21)15-16-35-13-9-22(36)10-14-35;;/h1-6,17,19,21-22,33,36H,7-16,18H2,(H,32,37);2*1H. The molecule has 3 N–H and O–H groups in total. The van der Waals surface area contributed by atoms with E-state index in [-0.39, 0.29) is 49.4 Å². The van der Waals surface area contributed by atoms with Gasteiger partial charge in [-0.1, -0.05) is 12.1 Å². The number of aromatic nitrogens is 1. The van der Waals surface area contributed by atoms with Crippen molar-refractivity contribution < 1.29 is 28.2 Å². The third-order valence-electron chi connectivity index (χ3n) is 8.01. The van der Waals surface area contributed by atoms with Gasteiger partial charge in [-0.05, 0) is 49.9 Å². The molecular formula is C30H37Cl2FN4O5. The van der Waals surface area contributed by atoms with Crippen molar-refractivity contribution in [3.63, 3.8) is 0 Å². The first-order chi connectivity index (χ1) is 19.5. The van der Waals surface area contributed by atoms with Crippen molar-refractivity contribution in [3.05, 3.63) is 60.1 Å². The van der Waals surface area contributed by atoms with E-state index < -0.39 is 6.09 Å². The molecule has 2 aromatic heterocycles. The molecule has 42 heavy (non-hydrogen) atoms. The summed E-state index contributed by atoms with van der Waals surface area (Å²) in [6, 6.07) is 12.1. The normalized spacial score (nSPS) is 17.1. The molecule has 2 aliphatic heterocycles. The zero-order valence-electron chi connectivity index (χ0n) is 23.2. The summed E-state index contributed by atoms with van der Waals surface area (Å²) in [6.45, 7) is 5.97. The van der Waals surface area contributed by atoms with Gasteiger partial charge in [0.05, 0.1) is 23.3 Å². The number of nitrogens with zero attached hydrogens (tertiary/aromatic N) is 2. The van der Waals surface area contributed by atoms with Crippen molar-refractivity contribution >= 4 is 52.8 Å². The van der Waals surface area contributed by atoms with Gasteiger partial charge in [-0.3, -0.25) is 0 Å². The number of amides is 1. The van der Waals surface area contributed by atoms with Gasteiger partial charge in [0.2, 0.25) is 5.88 Å². The van der Waals surface area contributed by atoms with Gasteiger partial charge in [0, 0.05) is 62.3 Å². The van der Waals surface area contributed by atoms with Gasteiger partial charge in [0.25, 0.3) is 0 Å². The van der Waals surface area contributed by atoms with Gasteiger partial charge in [-0.15, -0.1) is 24.8 Å². The fourth-order valence-electron chi connectivity index (χ4n) is 5.67. The average molecular weight is 624 g/mol. The second-order valence-corrected chi connectivity index (χ2v) is 10.7. The molecule has 2 saturated heterocycles. The van der Waals surface area contributed by atoms with Crippen LogP contribution in [0.25, 0.3) is 21.9 Å². The highest BCUT2D eigenvalue weighted by atomic mass is 35.5. The van der Waals surface area contributed by atoms with Crippen LogP contribution in [0.2, 0.25) is 0 Å². The minimum Gasteiger partial charge on any atom is -0.488 e. The molecule has 228 valence electrons. The van der Waals surface area contributed by atoms with Crippen LogP contribution in [0.15, 0.2) is 53.1 Å². The van der Waals surface area contributed by atoms with Crippen LogP contribution in [0, 0.1) is 5.82 Å². The van der Waals surface area contributed by atoms with E-state index in [4.69, 9.17) is 13.9 Å². The van der Waals surface area contributed by atoms with Gasteiger partial charge in [-0.2, -0.15) is 0 Å². The van der Waals surface area contributed by atoms with Gasteiger partial charge in [-0.25, -0.2) is 9.18 Å². The van der Waals surface area contributed by atoms with E-state index in [9.17, 15) is 14.3 Å². The molecule has 9 nitrogen and oxygen atoms in total. The Hall–Kier alpha value is -3.02. The number of hydrogen-bond donors (Lipinski definition) is 3. The minimum absolute atomic E-state index is 0. The van der Waals surface area contributed by atoms with Crippen molar-refractivity contribution in [2.24, 2.45) is 0 Å². The summed E-state index contributed by atoms with van der Waals surface area (Å²) in [7, 11) is 0. The topological polar surface area (TPSA) is 103 Å². The van der Waals surface area contributed by atoms with Crippen LogP contribution in [-0.4, -0.2) is 77.4 Å². The number of hydrogen-bond acceptors (Lipinski definition) is 7. The van der Waals surface area contributed by atoms with E-state index in [0.717, 1.165) is 75.9 Å². The fourth-order valence-corrected chi connectivity index (χ4v) is 5.67. The van der Waals surface area contributed by atoms with Crippen molar-refractivity contribution in [2.75, 3.05) is 39.3 Å². The van der Waals surface area contributed by atoms with Gasteiger partial charge in [0.1, 0.15) is 23.8 Å². The summed E-state index contributed by atoms with van der Waals surface area (Å²) in [5.41, 5.74) is 1.86. The number of aromatic amines is 1. The Morgan fingerprint density at radius 2 is 1.71 bits per heavy atom. The Morgan fingerprint density at radius 1 is 1.02 bits per heavy atom. The molecule has 2 aliphatic rings. The molecule has 2 aromatic carbocycles. The molecule has 0 radical (unpaired) electrons. The summed E-state index contributed by atoms with van der Waals surface area (Å²) in [5.74, 6) is 0.561. The molecule has 12 heteroatoms. The molecule has 0 atom stereocenters. The first kappa shape index (κ1) is 31.9. The zero-order chi connectivity index (χ0) is 27.5. The maximum Gasteiger partial charge on any atom is 0.414 e. The molecular weight excluding hydrogens is 586 g/mol. The molecule has 4 aromatic rings. The Bertz CT molecular complexity index is 1460. The molecule has 0 unspecified atom stereocenters. The SMILES string of the molecule is Cl.Cl.O=C(NC1CCN(CCN2CCC(O)CC2)CC1)Oc1cc2c(OCc3coc4cccc(F)c34)cccc2[nH]1. The van der Waals surface area contributed by atoms with Crippen molar-refractivity contribution in [3.8, 4) is 11.6 Å². The first-order valence-corrected chi connectivity index (χ1v) is 14.0. The van der Waals surface area contributed by atoms with Crippen LogP contribution < -0.4 is 14.8 Å². The second-order valence-electron chi connectivity index (χ2n) is 10.7. The van der Waals surface area contributed by atoms with Gasteiger partial charge >= 0.3 is 6.09 Å². The second kappa shape index (κ2) is 14.4. The zero-order valence-corrected chi connectivity index (χ0v) is 24.9. The third-order valence-corrected chi connectivity index (χ3v) is 8.01. The average Bonchev–Trinajstić information content (AvgIpc) is 3.57. The van der Waals surface area contributed by atoms with Gasteiger partial charge < -0.3 is 39.1 Å². The quantitative estimate of drug-likeness (QED) is 0.239. The van der Waals surface area contributed by atoms with Gasteiger partial charge in [0.15, 0.2) is 0 Å². The highest BCUT2D eigenvalue weighted by Crippen LogP contribution is 2.31. The highest BCUT2D eigenvalue weighted by Gasteiger charge is 2.23. The van der Waals surface area contributed by atoms with Crippen LogP contribution in [0.5, 0.6) is 11.6 Å². The summed E-state index contributed by atoms with van der Waals surface area (Å²) in [4.78, 5) is 20.6. The van der Waals surface area contributed by atoms with Crippen LogP contribution in [0.3, 0.4) is 0 Å². The predicted molar refractivity (Wildman–Crippen MR) is 164 cm³/mol. The lowest BCUT2D eigenvalue weighted by Gasteiger charge is -2.35. The maximum absolute atomic E-state index is 14.3. The monoisotopic (exact) mass is 622 g/mol. The highest BCUT2D eigenvalue weighted by molar-refractivity contribution is 5.88. The molecule has 0 aliphatic carbocycles. The lowest BCUT2D eigenvalue weighted by molar-refractivity contribution is 0.0739. The lowest BCUT2D eigenvalue weighted by atomic mass is 10.1. The molecule has 0 bridgehead atoms. The summed E-state index contributed by atoms with van der Waals surface area (Å²) in [6.07, 6.45) is 4.36. The minimum atomic E-state index is -0.486. The van der Waals surface area contributed by atoms with E-state index in [1.54, 1.807) is 18.2 Å². The van der Waals surface area contributed by atoms with Crippen molar-refractivity contribution in [1.29, 1.82) is 0 Å².